The normalized spacial score (nSPS) is 9.53. The molecule has 0 amide bonds. The van der Waals surface area contributed by atoms with Crippen molar-refractivity contribution >= 4 is 0 Å². The van der Waals surface area contributed by atoms with Gasteiger partial charge in [0.25, 0.3) is 0 Å². The summed E-state index contributed by atoms with van der Waals surface area (Å²) in [7, 11) is 1.88. The molecule has 0 aliphatic heterocycles. The zero-order chi connectivity index (χ0) is 13.3. The van der Waals surface area contributed by atoms with Crippen molar-refractivity contribution in [3.05, 3.63) is 65.7 Å². The molecule has 2 rings (SSSR count). The molecular formula is C17H17NO. The second-order valence-corrected chi connectivity index (χ2v) is 4.13. The minimum atomic E-state index is 0.589. The summed E-state index contributed by atoms with van der Waals surface area (Å²) in [5.41, 5.74) is 2.17. The summed E-state index contributed by atoms with van der Waals surface area (Å²) in [5.74, 6) is 6.97. The highest BCUT2D eigenvalue weighted by molar-refractivity contribution is 5.38. The molecular weight excluding hydrogens is 234 g/mol. The molecule has 0 saturated heterocycles. The predicted molar refractivity (Wildman–Crippen MR) is 78.0 cm³/mol. The summed E-state index contributed by atoms with van der Waals surface area (Å²) in [6.07, 6.45) is 0. The van der Waals surface area contributed by atoms with Crippen molar-refractivity contribution in [2.75, 3.05) is 13.6 Å². The van der Waals surface area contributed by atoms with Crippen LogP contribution in [-0.2, 0) is 6.61 Å². The van der Waals surface area contributed by atoms with Crippen molar-refractivity contribution in [2.45, 2.75) is 6.61 Å². The lowest BCUT2D eigenvalue weighted by molar-refractivity contribution is 0.306. The lowest BCUT2D eigenvalue weighted by atomic mass is 10.2. The molecule has 0 fully saturated rings. The largest absolute Gasteiger partial charge is 0.489 e. The van der Waals surface area contributed by atoms with E-state index in [4.69, 9.17) is 4.74 Å². The number of ether oxygens (including phenoxy) is 1. The molecule has 2 nitrogen and oxygen atoms in total. The van der Waals surface area contributed by atoms with Crippen LogP contribution in [0.2, 0.25) is 0 Å². The van der Waals surface area contributed by atoms with Crippen LogP contribution in [0, 0.1) is 11.8 Å². The van der Waals surface area contributed by atoms with Crippen molar-refractivity contribution in [2.24, 2.45) is 0 Å². The summed E-state index contributed by atoms with van der Waals surface area (Å²) in [6.45, 7) is 1.29. The number of nitrogens with one attached hydrogen (secondary N) is 1. The Morgan fingerprint density at radius 3 is 2.42 bits per heavy atom. The first-order chi connectivity index (χ1) is 9.38. The lowest BCUT2D eigenvalue weighted by Gasteiger charge is -2.05. The average Bonchev–Trinajstić information content (AvgIpc) is 2.48. The van der Waals surface area contributed by atoms with Gasteiger partial charge in [-0.25, -0.2) is 0 Å². The van der Waals surface area contributed by atoms with Crippen molar-refractivity contribution in [3.8, 4) is 17.6 Å². The Balaban J connectivity index is 1.91. The highest BCUT2D eigenvalue weighted by Gasteiger charge is 1.95. The molecule has 1 N–H and O–H groups in total. The van der Waals surface area contributed by atoms with E-state index in [1.165, 1.54) is 5.56 Å². The summed E-state index contributed by atoms with van der Waals surface area (Å²) >= 11 is 0. The van der Waals surface area contributed by atoms with E-state index in [1.54, 1.807) is 0 Å². The van der Waals surface area contributed by atoms with Gasteiger partial charge >= 0.3 is 0 Å². The van der Waals surface area contributed by atoms with Crippen molar-refractivity contribution in [1.29, 1.82) is 0 Å². The second kappa shape index (κ2) is 7.25. The van der Waals surface area contributed by atoms with Crippen LogP contribution < -0.4 is 10.1 Å². The molecule has 0 bridgehead atoms. The molecule has 0 aliphatic carbocycles. The third-order valence-corrected chi connectivity index (χ3v) is 2.60. The van der Waals surface area contributed by atoms with Crippen LogP contribution >= 0.6 is 0 Å². The standard InChI is InChI=1S/C17H17NO/c1-18-13-5-8-15-9-11-17(12-10-15)19-14-16-6-3-2-4-7-16/h2-4,6-7,9-12,18H,13-14H2,1H3. The Labute approximate surface area is 114 Å². The van der Waals surface area contributed by atoms with Crippen LogP contribution in [0.25, 0.3) is 0 Å². The van der Waals surface area contributed by atoms with Crippen molar-refractivity contribution in [1.82, 2.24) is 5.32 Å². The van der Waals surface area contributed by atoms with Gasteiger partial charge in [-0.1, -0.05) is 42.2 Å². The number of benzene rings is 2. The second-order valence-electron chi connectivity index (χ2n) is 4.13. The summed E-state index contributed by atoms with van der Waals surface area (Å²) in [4.78, 5) is 0. The van der Waals surface area contributed by atoms with Gasteiger partial charge < -0.3 is 10.1 Å². The van der Waals surface area contributed by atoms with E-state index >= 15 is 0 Å². The SMILES string of the molecule is CNCC#Cc1ccc(OCc2ccccc2)cc1. The summed E-state index contributed by atoms with van der Waals surface area (Å²) < 4.78 is 5.71. The van der Waals surface area contributed by atoms with Gasteiger partial charge in [0, 0.05) is 5.56 Å². The molecule has 0 unspecified atom stereocenters. The zero-order valence-electron chi connectivity index (χ0n) is 11.0. The predicted octanol–water partition coefficient (Wildman–Crippen LogP) is 2.84. The van der Waals surface area contributed by atoms with Gasteiger partial charge in [-0.15, -0.1) is 0 Å². The Kier molecular flexibility index (Phi) is 5.04. The highest BCUT2D eigenvalue weighted by atomic mass is 16.5. The first-order valence-corrected chi connectivity index (χ1v) is 6.29. The Hall–Kier alpha value is -2.24. The van der Waals surface area contributed by atoms with Crippen molar-refractivity contribution < 1.29 is 4.74 Å². The molecule has 0 aliphatic rings. The third-order valence-electron chi connectivity index (χ3n) is 2.60. The Morgan fingerprint density at radius 2 is 1.74 bits per heavy atom. The fraction of sp³-hybridized carbons (Fsp3) is 0.176. The van der Waals surface area contributed by atoms with Gasteiger partial charge in [0.2, 0.25) is 0 Å². The molecule has 96 valence electrons. The summed E-state index contributed by atoms with van der Waals surface area (Å²) in [6, 6.07) is 18.0. The number of hydrogen-bond donors (Lipinski definition) is 1. The third kappa shape index (κ3) is 4.50. The van der Waals surface area contributed by atoms with E-state index in [9.17, 15) is 0 Å². The number of hydrogen-bond acceptors (Lipinski definition) is 2. The van der Waals surface area contributed by atoms with Crippen LogP contribution in [0.15, 0.2) is 54.6 Å². The molecule has 19 heavy (non-hydrogen) atoms. The maximum atomic E-state index is 5.71. The van der Waals surface area contributed by atoms with Crippen LogP contribution in [0.1, 0.15) is 11.1 Å². The van der Waals surface area contributed by atoms with Crippen molar-refractivity contribution in [3.63, 3.8) is 0 Å². The molecule has 0 spiro atoms. The first kappa shape index (κ1) is 13.2. The van der Waals surface area contributed by atoms with Crippen LogP contribution in [0.4, 0.5) is 0 Å². The van der Waals surface area contributed by atoms with E-state index in [-0.39, 0.29) is 0 Å². The molecule has 0 saturated carbocycles. The molecule has 0 radical (unpaired) electrons. The van der Waals surface area contributed by atoms with Crippen LogP contribution in [-0.4, -0.2) is 13.6 Å². The maximum absolute atomic E-state index is 5.71. The molecule has 0 heterocycles. The zero-order valence-corrected chi connectivity index (χ0v) is 11.0. The highest BCUT2D eigenvalue weighted by Crippen LogP contribution is 2.13. The topological polar surface area (TPSA) is 21.3 Å². The number of rotatable bonds is 4. The molecule has 2 aromatic carbocycles. The first-order valence-electron chi connectivity index (χ1n) is 6.29. The molecule has 0 aromatic heterocycles. The average molecular weight is 251 g/mol. The van der Waals surface area contributed by atoms with Crippen LogP contribution in [0.5, 0.6) is 5.75 Å². The fourth-order valence-corrected chi connectivity index (χ4v) is 1.61. The van der Waals surface area contributed by atoms with Gasteiger partial charge in [0.15, 0.2) is 0 Å². The molecule has 0 atom stereocenters. The summed E-state index contributed by atoms with van der Waals surface area (Å²) in [5, 5.41) is 2.99. The van der Waals surface area contributed by atoms with E-state index in [2.05, 4.69) is 29.3 Å². The van der Waals surface area contributed by atoms with Gasteiger partial charge in [-0.2, -0.15) is 0 Å². The van der Waals surface area contributed by atoms with E-state index in [1.807, 2.05) is 49.5 Å². The maximum Gasteiger partial charge on any atom is 0.119 e. The smallest absolute Gasteiger partial charge is 0.119 e. The van der Waals surface area contributed by atoms with E-state index in [0.29, 0.717) is 13.2 Å². The monoisotopic (exact) mass is 251 g/mol. The minimum absolute atomic E-state index is 0.589. The quantitative estimate of drug-likeness (QED) is 0.844. The minimum Gasteiger partial charge on any atom is -0.489 e. The van der Waals surface area contributed by atoms with Gasteiger partial charge in [0.1, 0.15) is 12.4 Å². The molecule has 2 aromatic rings. The Bertz CT molecular complexity index is 549. The lowest BCUT2D eigenvalue weighted by Crippen LogP contribution is -2.04. The fourth-order valence-electron chi connectivity index (χ4n) is 1.61. The van der Waals surface area contributed by atoms with Gasteiger partial charge in [0.05, 0.1) is 6.54 Å². The van der Waals surface area contributed by atoms with E-state index in [0.717, 1.165) is 11.3 Å². The van der Waals surface area contributed by atoms with Gasteiger partial charge in [-0.05, 0) is 36.9 Å². The van der Waals surface area contributed by atoms with E-state index < -0.39 is 0 Å². The van der Waals surface area contributed by atoms with Gasteiger partial charge in [-0.3, -0.25) is 0 Å². The molecule has 2 heteroatoms. The Morgan fingerprint density at radius 1 is 1.00 bits per heavy atom. The van der Waals surface area contributed by atoms with Crippen LogP contribution in [0.3, 0.4) is 0 Å².